The smallest absolute Gasteiger partial charge is 0.148 e. The summed E-state index contributed by atoms with van der Waals surface area (Å²) in [5, 5.41) is 13.1. The number of benzene rings is 1. The Morgan fingerprint density at radius 3 is 2.45 bits per heavy atom. The molecule has 3 heterocycles. The summed E-state index contributed by atoms with van der Waals surface area (Å²) in [6.45, 7) is 5.69. The molecule has 1 aromatic heterocycles. The standard InChI is InChI=1S/C23H29ClN4O/c24-21-4-2-1-3-20(21)22-5-6-23(27-26-22)25-19-11-17-14-28(15-18(17)12-19)13-16-7-9-29-10-8-16/h1-6,16-19H,7-15H2,(H,25,27). The molecule has 1 aromatic carbocycles. The van der Waals surface area contributed by atoms with E-state index in [1.807, 2.05) is 36.4 Å². The molecule has 2 aliphatic heterocycles. The van der Waals surface area contributed by atoms with Crippen LogP contribution in [0.3, 0.4) is 0 Å². The van der Waals surface area contributed by atoms with E-state index in [2.05, 4.69) is 20.4 Å². The zero-order chi connectivity index (χ0) is 19.6. The summed E-state index contributed by atoms with van der Waals surface area (Å²) in [7, 11) is 0. The lowest BCUT2D eigenvalue weighted by molar-refractivity contribution is 0.0545. The third kappa shape index (κ3) is 4.42. The number of anilines is 1. The van der Waals surface area contributed by atoms with Gasteiger partial charge in [-0.2, -0.15) is 0 Å². The van der Waals surface area contributed by atoms with E-state index in [1.165, 1.54) is 45.3 Å². The fraction of sp³-hybridized carbons (Fsp3) is 0.565. The van der Waals surface area contributed by atoms with Crippen molar-refractivity contribution < 1.29 is 4.74 Å². The van der Waals surface area contributed by atoms with E-state index in [-0.39, 0.29) is 0 Å². The Hall–Kier alpha value is -1.69. The zero-order valence-corrected chi connectivity index (χ0v) is 17.5. The highest BCUT2D eigenvalue weighted by Crippen LogP contribution is 2.39. The van der Waals surface area contributed by atoms with Gasteiger partial charge in [-0.25, -0.2) is 0 Å². The molecule has 2 unspecified atom stereocenters. The van der Waals surface area contributed by atoms with Crippen molar-refractivity contribution in [3.8, 4) is 11.3 Å². The Balaban J connectivity index is 1.13. The maximum atomic E-state index is 6.27. The lowest BCUT2D eigenvalue weighted by atomic mass is 10.00. The molecule has 0 radical (unpaired) electrons. The number of fused-ring (bicyclic) bond motifs is 1. The van der Waals surface area contributed by atoms with Crippen molar-refractivity contribution in [2.24, 2.45) is 17.8 Å². The number of halogens is 1. The zero-order valence-electron chi connectivity index (χ0n) is 16.8. The van der Waals surface area contributed by atoms with E-state index in [0.29, 0.717) is 11.1 Å². The Bertz CT molecular complexity index is 810. The molecule has 0 spiro atoms. The first-order valence-electron chi connectivity index (χ1n) is 10.9. The number of ether oxygens (including phenoxy) is 1. The number of nitrogens with one attached hydrogen (secondary N) is 1. The Labute approximate surface area is 177 Å². The molecule has 0 amide bonds. The van der Waals surface area contributed by atoms with Gasteiger partial charge >= 0.3 is 0 Å². The van der Waals surface area contributed by atoms with Crippen LogP contribution in [0.2, 0.25) is 5.02 Å². The van der Waals surface area contributed by atoms with Gasteiger partial charge in [0.25, 0.3) is 0 Å². The van der Waals surface area contributed by atoms with Gasteiger partial charge in [0.1, 0.15) is 5.82 Å². The van der Waals surface area contributed by atoms with Gasteiger partial charge in [0.15, 0.2) is 0 Å². The third-order valence-corrected chi connectivity index (χ3v) is 7.18. The van der Waals surface area contributed by atoms with E-state index in [4.69, 9.17) is 16.3 Å². The number of aromatic nitrogens is 2. The summed E-state index contributed by atoms with van der Waals surface area (Å²) < 4.78 is 5.50. The van der Waals surface area contributed by atoms with Crippen molar-refractivity contribution in [3.05, 3.63) is 41.4 Å². The molecular weight excluding hydrogens is 384 g/mol. The van der Waals surface area contributed by atoms with Gasteiger partial charge in [-0.3, -0.25) is 0 Å². The van der Waals surface area contributed by atoms with E-state index >= 15 is 0 Å². The summed E-state index contributed by atoms with van der Waals surface area (Å²) in [4.78, 5) is 2.71. The molecule has 5 rings (SSSR count). The van der Waals surface area contributed by atoms with Crippen molar-refractivity contribution in [2.75, 3.05) is 38.2 Å². The second-order valence-electron chi connectivity index (χ2n) is 8.89. The van der Waals surface area contributed by atoms with Crippen LogP contribution in [-0.4, -0.2) is 54.0 Å². The summed E-state index contributed by atoms with van der Waals surface area (Å²) in [5.74, 6) is 3.35. The summed E-state index contributed by atoms with van der Waals surface area (Å²) in [6, 6.07) is 12.3. The number of rotatable bonds is 5. The first-order chi connectivity index (χ1) is 14.2. The molecule has 5 nitrogen and oxygen atoms in total. The van der Waals surface area contributed by atoms with Crippen molar-refractivity contribution in [3.63, 3.8) is 0 Å². The molecule has 2 saturated heterocycles. The first kappa shape index (κ1) is 19.3. The molecule has 3 fully saturated rings. The van der Waals surface area contributed by atoms with Gasteiger partial charge in [0.2, 0.25) is 0 Å². The highest BCUT2D eigenvalue weighted by molar-refractivity contribution is 6.33. The lowest BCUT2D eigenvalue weighted by Crippen LogP contribution is -2.32. The minimum atomic E-state index is 0.510. The number of hydrogen-bond acceptors (Lipinski definition) is 5. The van der Waals surface area contributed by atoms with Gasteiger partial charge in [-0.15, -0.1) is 10.2 Å². The molecule has 154 valence electrons. The van der Waals surface area contributed by atoms with Crippen molar-refractivity contribution in [2.45, 2.75) is 31.7 Å². The first-order valence-corrected chi connectivity index (χ1v) is 11.3. The number of hydrogen-bond donors (Lipinski definition) is 1. The van der Waals surface area contributed by atoms with Crippen molar-refractivity contribution in [1.82, 2.24) is 15.1 Å². The van der Waals surface area contributed by atoms with E-state index < -0.39 is 0 Å². The third-order valence-electron chi connectivity index (χ3n) is 6.85. The molecule has 2 aromatic rings. The molecular formula is C23H29ClN4O. The van der Waals surface area contributed by atoms with Crippen LogP contribution in [0.1, 0.15) is 25.7 Å². The van der Waals surface area contributed by atoms with Crippen LogP contribution in [-0.2, 0) is 4.74 Å². The fourth-order valence-corrected chi connectivity index (χ4v) is 5.62. The Kier molecular flexibility index (Phi) is 5.71. The van der Waals surface area contributed by atoms with Crippen LogP contribution in [0.15, 0.2) is 36.4 Å². The quantitative estimate of drug-likeness (QED) is 0.791. The predicted octanol–water partition coefficient (Wildman–Crippen LogP) is 4.35. The van der Waals surface area contributed by atoms with Crippen LogP contribution < -0.4 is 5.32 Å². The van der Waals surface area contributed by atoms with Crippen LogP contribution in [0.25, 0.3) is 11.3 Å². The summed E-state index contributed by atoms with van der Waals surface area (Å²) in [6.07, 6.45) is 4.95. The van der Waals surface area contributed by atoms with Gasteiger partial charge in [0, 0.05) is 44.5 Å². The van der Waals surface area contributed by atoms with Crippen molar-refractivity contribution >= 4 is 17.4 Å². The van der Waals surface area contributed by atoms with Gasteiger partial charge in [0.05, 0.1) is 10.7 Å². The molecule has 1 N–H and O–H groups in total. The second-order valence-corrected chi connectivity index (χ2v) is 9.30. The van der Waals surface area contributed by atoms with Crippen LogP contribution >= 0.6 is 11.6 Å². The monoisotopic (exact) mass is 412 g/mol. The summed E-state index contributed by atoms with van der Waals surface area (Å²) in [5.41, 5.74) is 1.74. The van der Waals surface area contributed by atoms with Crippen LogP contribution in [0.4, 0.5) is 5.82 Å². The highest BCUT2D eigenvalue weighted by Gasteiger charge is 2.41. The topological polar surface area (TPSA) is 50.3 Å². The molecule has 1 saturated carbocycles. The lowest BCUT2D eigenvalue weighted by Gasteiger charge is -2.27. The fourth-order valence-electron chi connectivity index (χ4n) is 5.39. The maximum Gasteiger partial charge on any atom is 0.148 e. The molecule has 6 heteroatoms. The molecule has 2 atom stereocenters. The normalized spacial score (nSPS) is 27.8. The van der Waals surface area contributed by atoms with Gasteiger partial charge in [-0.1, -0.05) is 29.8 Å². The number of nitrogens with zero attached hydrogens (tertiary/aromatic N) is 3. The van der Waals surface area contributed by atoms with Crippen molar-refractivity contribution in [1.29, 1.82) is 0 Å². The Morgan fingerprint density at radius 2 is 1.76 bits per heavy atom. The van der Waals surface area contributed by atoms with E-state index in [0.717, 1.165) is 48.0 Å². The van der Waals surface area contributed by atoms with E-state index in [1.54, 1.807) is 0 Å². The van der Waals surface area contributed by atoms with Crippen LogP contribution in [0.5, 0.6) is 0 Å². The van der Waals surface area contributed by atoms with E-state index in [9.17, 15) is 0 Å². The summed E-state index contributed by atoms with van der Waals surface area (Å²) >= 11 is 6.27. The SMILES string of the molecule is Clc1ccccc1-c1ccc(NC2CC3CN(CC4CCOCC4)CC3C2)nn1. The predicted molar refractivity (Wildman–Crippen MR) is 116 cm³/mol. The molecule has 29 heavy (non-hydrogen) atoms. The van der Waals surface area contributed by atoms with Gasteiger partial charge in [-0.05, 0) is 61.6 Å². The minimum absolute atomic E-state index is 0.510. The second kappa shape index (κ2) is 8.58. The molecule has 1 aliphatic carbocycles. The molecule has 0 bridgehead atoms. The highest BCUT2D eigenvalue weighted by atomic mass is 35.5. The minimum Gasteiger partial charge on any atom is -0.381 e. The molecule has 3 aliphatic rings. The van der Waals surface area contributed by atoms with Crippen LogP contribution in [0, 0.1) is 17.8 Å². The van der Waals surface area contributed by atoms with Gasteiger partial charge < -0.3 is 15.0 Å². The largest absolute Gasteiger partial charge is 0.381 e. The average molecular weight is 413 g/mol. The number of likely N-dealkylation sites (tertiary alicyclic amines) is 1. The Morgan fingerprint density at radius 1 is 1.00 bits per heavy atom. The maximum absolute atomic E-state index is 6.27. The average Bonchev–Trinajstić information content (AvgIpc) is 3.28.